The summed E-state index contributed by atoms with van der Waals surface area (Å²) in [6.45, 7) is 2.62. The first-order valence-electron chi connectivity index (χ1n) is 9.44. The number of nitrogens with zero attached hydrogens (tertiary/aromatic N) is 1. The highest BCUT2D eigenvalue weighted by Crippen LogP contribution is 2.32. The van der Waals surface area contributed by atoms with Gasteiger partial charge in [0, 0.05) is 12.4 Å². The molecule has 2 aliphatic rings. The standard InChI is InChI=1S/C21H21NO7/c1-2-25-15-8-4-3-7-14(15)21(24)29-17-12-27-18-16(11-26-19(17)18)28-20(23)13-6-5-9-22-10-13/h3-10,16-19H,2,11-12H2,1H3/t16-,17+,18-,19-/m1/s1. The minimum absolute atomic E-state index is 0.165. The zero-order valence-electron chi connectivity index (χ0n) is 15.9. The van der Waals surface area contributed by atoms with E-state index in [1.807, 2.05) is 6.92 Å². The number of hydrogen-bond acceptors (Lipinski definition) is 8. The van der Waals surface area contributed by atoms with E-state index in [1.54, 1.807) is 42.6 Å². The van der Waals surface area contributed by atoms with Crippen molar-refractivity contribution in [2.24, 2.45) is 0 Å². The highest BCUT2D eigenvalue weighted by Gasteiger charge is 2.51. The van der Waals surface area contributed by atoms with Crippen molar-refractivity contribution < 1.29 is 33.3 Å². The van der Waals surface area contributed by atoms with Gasteiger partial charge in [-0.3, -0.25) is 4.98 Å². The molecule has 0 amide bonds. The molecule has 0 radical (unpaired) electrons. The smallest absolute Gasteiger partial charge is 0.342 e. The Morgan fingerprint density at radius 3 is 2.34 bits per heavy atom. The molecule has 0 aliphatic carbocycles. The van der Waals surface area contributed by atoms with Gasteiger partial charge in [-0.05, 0) is 31.2 Å². The van der Waals surface area contributed by atoms with Gasteiger partial charge in [-0.25, -0.2) is 9.59 Å². The van der Waals surface area contributed by atoms with Gasteiger partial charge in [-0.1, -0.05) is 12.1 Å². The van der Waals surface area contributed by atoms with Gasteiger partial charge in [0.05, 0.1) is 25.4 Å². The van der Waals surface area contributed by atoms with Crippen LogP contribution in [0.3, 0.4) is 0 Å². The zero-order chi connectivity index (χ0) is 20.2. The van der Waals surface area contributed by atoms with Gasteiger partial charge >= 0.3 is 11.9 Å². The third-order valence-corrected chi connectivity index (χ3v) is 4.78. The lowest BCUT2D eigenvalue weighted by atomic mass is 10.1. The van der Waals surface area contributed by atoms with Crippen LogP contribution in [0.15, 0.2) is 48.8 Å². The molecule has 0 N–H and O–H groups in total. The summed E-state index contributed by atoms with van der Waals surface area (Å²) in [5.74, 6) is -0.546. The molecule has 4 rings (SSSR count). The van der Waals surface area contributed by atoms with Crippen LogP contribution in [0, 0.1) is 0 Å². The Bertz CT molecular complexity index is 872. The molecule has 8 nitrogen and oxygen atoms in total. The lowest BCUT2D eigenvalue weighted by Gasteiger charge is -2.18. The van der Waals surface area contributed by atoms with E-state index in [0.717, 1.165) is 0 Å². The van der Waals surface area contributed by atoms with Gasteiger partial charge in [-0.15, -0.1) is 0 Å². The maximum Gasteiger partial charge on any atom is 0.342 e. The van der Waals surface area contributed by atoms with E-state index in [9.17, 15) is 9.59 Å². The number of benzene rings is 1. The number of rotatable bonds is 6. The number of carbonyl (C=O) groups excluding carboxylic acids is 2. The average molecular weight is 399 g/mol. The summed E-state index contributed by atoms with van der Waals surface area (Å²) in [7, 11) is 0. The molecule has 2 fully saturated rings. The maximum absolute atomic E-state index is 12.6. The van der Waals surface area contributed by atoms with E-state index in [1.165, 1.54) is 6.20 Å². The van der Waals surface area contributed by atoms with Crippen LogP contribution in [0.1, 0.15) is 27.6 Å². The molecule has 152 valence electrons. The fraction of sp³-hybridized carbons (Fsp3) is 0.381. The van der Waals surface area contributed by atoms with Crippen LogP contribution in [-0.2, 0) is 18.9 Å². The number of ether oxygens (including phenoxy) is 5. The van der Waals surface area contributed by atoms with Crippen molar-refractivity contribution >= 4 is 11.9 Å². The van der Waals surface area contributed by atoms with Crippen molar-refractivity contribution in [2.75, 3.05) is 19.8 Å². The summed E-state index contributed by atoms with van der Waals surface area (Å²) >= 11 is 0. The van der Waals surface area contributed by atoms with Gasteiger partial charge in [0.25, 0.3) is 0 Å². The summed E-state index contributed by atoms with van der Waals surface area (Å²) in [6, 6.07) is 10.2. The number of aromatic nitrogens is 1. The zero-order valence-corrected chi connectivity index (χ0v) is 15.9. The average Bonchev–Trinajstić information content (AvgIpc) is 3.33. The molecule has 8 heteroatoms. The lowest BCUT2D eigenvalue weighted by Crippen LogP contribution is -2.36. The van der Waals surface area contributed by atoms with Gasteiger partial charge in [0.15, 0.2) is 12.2 Å². The third-order valence-electron chi connectivity index (χ3n) is 4.78. The fourth-order valence-electron chi connectivity index (χ4n) is 3.44. The van der Waals surface area contributed by atoms with Crippen molar-refractivity contribution in [3.05, 3.63) is 59.9 Å². The largest absolute Gasteiger partial charge is 0.493 e. The Kier molecular flexibility index (Phi) is 5.73. The summed E-state index contributed by atoms with van der Waals surface area (Å²) in [5.41, 5.74) is 0.694. The van der Waals surface area contributed by atoms with E-state index in [0.29, 0.717) is 23.5 Å². The van der Waals surface area contributed by atoms with Gasteiger partial charge in [0.2, 0.25) is 0 Å². The molecular weight excluding hydrogens is 378 g/mol. The first-order chi connectivity index (χ1) is 14.2. The summed E-state index contributed by atoms with van der Waals surface area (Å²) < 4.78 is 28.1. The third kappa shape index (κ3) is 4.08. The second-order valence-electron chi connectivity index (χ2n) is 6.65. The van der Waals surface area contributed by atoms with Crippen molar-refractivity contribution in [1.29, 1.82) is 0 Å². The van der Waals surface area contributed by atoms with E-state index in [-0.39, 0.29) is 13.2 Å². The number of para-hydroxylation sites is 1. The molecule has 29 heavy (non-hydrogen) atoms. The Hall–Kier alpha value is -2.97. The van der Waals surface area contributed by atoms with E-state index >= 15 is 0 Å². The van der Waals surface area contributed by atoms with Crippen molar-refractivity contribution in [2.45, 2.75) is 31.3 Å². The number of hydrogen-bond donors (Lipinski definition) is 0. The molecule has 0 spiro atoms. The number of carbonyl (C=O) groups is 2. The molecule has 3 heterocycles. The number of fused-ring (bicyclic) bond motifs is 1. The lowest BCUT2D eigenvalue weighted by molar-refractivity contribution is -0.0288. The monoisotopic (exact) mass is 399 g/mol. The molecule has 4 atom stereocenters. The molecule has 2 aromatic rings. The van der Waals surface area contributed by atoms with Gasteiger partial charge in [-0.2, -0.15) is 0 Å². The summed E-state index contributed by atoms with van der Waals surface area (Å²) in [5, 5.41) is 0. The quantitative estimate of drug-likeness (QED) is 0.682. The van der Waals surface area contributed by atoms with Crippen LogP contribution in [0.2, 0.25) is 0 Å². The van der Waals surface area contributed by atoms with Crippen LogP contribution >= 0.6 is 0 Å². The molecule has 1 aromatic carbocycles. The topological polar surface area (TPSA) is 93.2 Å². The number of esters is 2. The molecule has 1 aromatic heterocycles. The molecule has 2 aliphatic heterocycles. The van der Waals surface area contributed by atoms with Gasteiger partial charge in [0.1, 0.15) is 23.5 Å². The second kappa shape index (κ2) is 8.59. The van der Waals surface area contributed by atoms with Crippen LogP contribution in [0.25, 0.3) is 0 Å². The minimum Gasteiger partial charge on any atom is -0.493 e. The van der Waals surface area contributed by atoms with Crippen LogP contribution in [0.5, 0.6) is 5.75 Å². The molecule has 0 bridgehead atoms. The predicted molar refractivity (Wildman–Crippen MR) is 99.7 cm³/mol. The van der Waals surface area contributed by atoms with E-state index in [2.05, 4.69) is 4.98 Å². The van der Waals surface area contributed by atoms with Gasteiger partial charge < -0.3 is 23.7 Å². The second-order valence-corrected chi connectivity index (χ2v) is 6.65. The first kappa shape index (κ1) is 19.4. The van der Waals surface area contributed by atoms with Crippen molar-refractivity contribution in [1.82, 2.24) is 4.98 Å². The molecular formula is C21H21NO7. The summed E-state index contributed by atoms with van der Waals surface area (Å²) in [4.78, 5) is 28.8. The Labute approximate surface area is 167 Å². The maximum atomic E-state index is 12.6. The first-order valence-corrected chi connectivity index (χ1v) is 9.44. The highest BCUT2D eigenvalue weighted by atomic mass is 16.7. The molecule has 2 saturated heterocycles. The minimum atomic E-state index is -0.593. The fourth-order valence-corrected chi connectivity index (χ4v) is 3.44. The molecule has 0 saturated carbocycles. The van der Waals surface area contributed by atoms with Crippen LogP contribution in [-0.4, -0.2) is 61.2 Å². The highest BCUT2D eigenvalue weighted by molar-refractivity contribution is 5.92. The number of pyridine rings is 1. The SMILES string of the molecule is CCOc1ccccc1C(=O)O[C@H]1CO[C@H]2[C@@H]1OC[C@H]2OC(=O)c1cccnc1. The van der Waals surface area contributed by atoms with E-state index in [4.69, 9.17) is 23.7 Å². The van der Waals surface area contributed by atoms with Crippen molar-refractivity contribution in [3.8, 4) is 5.75 Å². The summed E-state index contributed by atoms with van der Waals surface area (Å²) in [6.07, 6.45) is 0.858. The molecule has 0 unspecified atom stereocenters. The van der Waals surface area contributed by atoms with Crippen LogP contribution < -0.4 is 4.74 Å². The Morgan fingerprint density at radius 1 is 1.00 bits per heavy atom. The normalized spacial score (nSPS) is 25.3. The predicted octanol–water partition coefficient (Wildman–Crippen LogP) is 2.03. The van der Waals surface area contributed by atoms with Crippen LogP contribution in [0.4, 0.5) is 0 Å². The van der Waals surface area contributed by atoms with Crippen molar-refractivity contribution in [3.63, 3.8) is 0 Å². The van der Waals surface area contributed by atoms with E-state index < -0.39 is 36.4 Å². The Balaban J connectivity index is 1.38. The Morgan fingerprint density at radius 2 is 1.69 bits per heavy atom.